The molecule has 5 N–H and O–H groups in total. The molecule has 146 valence electrons. The van der Waals surface area contributed by atoms with Gasteiger partial charge in [0.25, 0.3) is 11.6 Å². The number of hydrogen-bond donors (Lipinski definition) is 4. The molecular weight excluding hydrogens is 366 g/mol. The molecule has 0 saturated carbocycles. The molecule has 0 aliphatic heterocycles. The predicted octanol–water partition coefficient (Wildman–Crippen LogP) is 1.46. The lowest BCUT2D eigenvalue weighted by Crippen LogP contribution is -2.44. The molecule has 1 unspecified atom stereocenters. The van der Waals surface area contributed by atoms with E-state index in [2.05, 4.69) is 16.2 Å². The number of amides is 4. The smallest absolute Gasteiger partial charge is 0.312 e. The van der Waals surface area contributed by atoms with Crippen LogP contribution in [0.4, 0.5) is 10.5 Å². The van der Waals surface area contributed by atoms with Crippen LogP contribution in [0.25, 0.3) is 0 Å². The van der Waals surface area contributed by atoms with Gasteiger partial charge in [-0.05, 0) is 24.1 Å². The first kappa shape index (κ1) is 20.4. The summed E-state index contributed by atoms with van der Waals surface area (Å²) in [5, 5.41) is 13.3. The number of hydrogen-bond acceptors (Lipinski definition) is 5. The van der Waals surface area contributed by atoms with Crippen molar-refractivity contribution in [1.29, 1.82) is 0 Å². The summed E-state index contributed by atoms with van der Waals surface area (Å²) in [6.07, 6.45) is -0.178. The number of nitrogens with two attached hydrogens (primary N) is 1. The van der Waals surface area contributed by atoms with E-state index in [0.29, 0.717) is 5.56 Å². The summed E-state index contributed by atoms with van der Waals surface area (Å²) in [7, 11) is 0. The van der Waals surface area contributed by atoms with Gasteiger partial charge in [-0.25, -0.2) is 4.79 Å². The van der Waals surface area contributed by atoms with Crippen molar-refractivity contribution in [3.8, 4) is 0 Å². The highest BCUT2D eigenvalue weighted by Gasteiger charge is 2.20. The van der Waals surface area contributed by atoms with Crippen molar-refractivity contribution in [1.82, 2.24) is 16.2 Å². The second kappa shape index (κ2) is 9.12. The van der Waals surface area contributed by atoms with E-state index in [-0.39, 0.29) is 17.7 Å². The first-order valence-corrected chi connectivity index (χ1v) is 8.23. The van der Waals surface area contributed by atoms with Crippen molar-refractivity contribution in [2.24, 2.45) is 5.73 Å². The van der Waals surface area contributed by atoms with Crippen LogP contribution >= 0.6 is 0 Å². The number of primary amides is 1. The molecule has 0 bridgehead atoms. The minimum Gasteiger partial charge on any atom is -0.352 e. The quantitative estimate of drug-likeness (QED) is 0.437. The molecule has 2 aromatic rings. The van der Waals surface area contributed by atoms with Gasteiger partial charge in [-0.3, -0.25) is 30.6 Å². The Morgan fingerprint density at radius 1 is 1.11 bits per heavy atom. The number of nitro groups is 1. The van der Waals surface area contributed by atoms with E-state index in [1.807, 2.05) is 19.1 Å². The number of hydrazine groups is 1. The predicted molar refractivity (Wildman–Crippen MR) is 100.0 cm³/mol. The molecule has 0 saturated heterocycles. The summed E-state index contributed by atoms with van der Waals surface area (Å²) >= 11 is 0. The molecule has 0 heterocycles. The summed E-state index contributed by atoms with van der Waals surface area (Å²) in [6.45, 7) is 1.83. The lowest BCUT2D eigenvalue weighted by Gasteiger charge is -2.19. The maximum Gasteiger partial charge on any atom is 0.312 e. The number of aryl methyl sites for hydroxylation is 1. The van der Waals surface area contributed by atoms with E-state index in [9.17, 15) is 24.5 Å². The second-order valence-corrected chi connectivity index (χ2v) is 5.93. The van der Waals surface area contributed by atoms with Gasteiger partial charge in [0, 0.05) is 17.7 Å². The summed E-state index contributed by atoms with van der Waals surface area (Å²) in [4.78, 5) is 45.7. The van der Waals surface area contributed by atoms with E-state index in [0.717, 1.165) is 11.6 Å². The largest absolute Gasteiger partial charge is 0.352 e. The summed E-state index contributed by atoms with van der Waals surface area (Å²) in [5.74, 6) is -1.30. The Kier molecular flexibility index (Phi) is 6.63. The molecule has 10 heteroatoms. The van der Waals surface area contributed by atoms with Crippen LogP contribution in [0.2, 0.25) is 0 Å². The zero-order chi connectivity index (χ0) is 20.7. The van der Waals surface area contributed by atoms with Crippen molar-refractivity contribution >= 4 is 23.5 Å². The maximum absolute atomic E-state index is 12.2. The first-order valence-electron chi connectivity index (χ1n) is 8.23. The summed E-state index contributed by atoms with van der Waals surface area (Å²) in [5.41, 5.74) is 10.9. The minimum atomic E-state index is -0.790. The van der Waals surface area contributed by atoms with Gasteiger partial charge < -0.3 is 11.1 Å². The minimum absolute atomic E-state index is 0.0141. The van der Waals surface area contributed by atoms with Gasteiger partial charge in [0.15, 0.2) is 0 Å². The molecule has 0 radical (unpaired) electrons. The van der Waals surface area contributed by atoms with E-state index in [1.54, 1.807) is 12.1 Å². The standard InChI is InChI=1S/C18H19N5O5/c1-11-5-2-3-8-14(11)15(20-18(19)26)10-16(24)21-22-17(25)12-6-4-7-13(9-12)23(27)28/h2-9,15H,10H2,1H3,(H,21,24)(H,22,25)(H3,19,20,26). The number of urea groups is 1. The topological polar surface area (TPSA) is 156 Å². The molecular formula is C18H19N5O5. The Balaban J connectivity index is 2.02. The van der Waals surface area contributed by atoms with Crippen molar-refractivity contribution in [3.05, 3.63) is 75.3 Å². The highest BCUT2D eigenvalue weighted by atomic mass is 16.6. The third-order valence-corrected chi connectivity index (χ3v) is 3.90. The van der Waals surface area contributed by atoms with Gasteiger partial charge >= 0.3 is 6.03 Å². The number of nitro benzene ring substituents is 1. The second-order valence-electron chi connectivity index (χ2n) is 5.93. The molecule has 0 spiro atoms. The lowest BCUT2D eigenvalue weighted by molar-refractivity contribution is -0.384. The number of rotatable bonds is 6. The number of benzene rings is 2. The molecule has 4 amide bonds. The van der Waals surface area contributed by atoms with Crippen LogP contribution in [0.1, 0.15) is 33.9 Å². The van der Waals surface area contributed by atoms with Crippen molar-refractivity contribution in [3.63, 3.8) is 0 Å². The van der Waals surface area contributed by atoms with Gasteiger partial charge in [-0.1, -0.05) is 30.3 Å². The summed E-state index contributed by atoms with van der Waals surface area (Å²) < 4.78 is 0. The molecule has 2 aromatic carbocycles. The number of non-ortho nitro benzene ring substituents is 1. The fourth-order valence-corrected chi connectivity index (χ4v) is 2.58. The monoisotopic (exact) mass is 385 g/mol. The Morgan fingerprint density at radius 3 is 2.46 bits per heavy atom. The van der Waals surface area contributed by atoms with Crippen molar-refractivity contribution in [2.45, 2.75) is 19.4 Å². The molecule has 0 aromatic heterocycles. The van der Waals surface area contributed by atoms with Crippen molar-refractivity contribution in [2.75, 3.05) is 0 Å². The van der Waals surface area contributed by atoms with Crippen LogP contribution in [-0.2, 0) is 4.79 Å². The van der Waals surface area contributed by atoms with Gasteiger partial charge in [0.2, 0.25) is 5.91 Å². The highest BCUT2D eigenvalue weighted by molar-refractivity contribution is 5.96. The average Bonchev–Trinajstić information content (AvgIpc) is 2.65. The zero-order valence-corrected chi connectivity index (χ0v) is 15.0. The van der Waals surface area contributed by atoms with Crippen LogP contribution in [-0.4, -0.2) is 22.8 Å². The Labute approximate surface area is 160 Å². The Morgan fingerprint density at radius 2 is 1.82 bits per heavy atom. The van der Waals surface area contributed by atoms with Crippen LogP contribution in [0, 0.1) is 17.0 Å². The molecule has 1 atom stereocenters. The van der Waals surface area contributed by atoms with Crippen LogP contribution in [0.5, 0.6) is 0 Å². The number of nitrogens with one attached hydrogen (secondary N) is 3. The normalized spacial score (nSPS) is 11.2. The van der Waals surface area contributed by atoms with E-state index >= 15 is 0 Å². The fourth-order valence-electron chi connectivity index (χ4n) is 2.58. The number of nitrogens with zero attached hydrogens (tertiary/aromatic N) is 1. The summed E-state index contributed by atoms with van der Waals surface area (Å²) in [6, 6.07) is 10.8. The van der Waals surface area contributed by atoms with Gasteiger partial charge in [-0.2, -0.15) is 0 Å². The molecule has 0 aliphatic rings. The Bertz CT molecular complexity index is 915. The van der Waals surface area contributed by atoms with Crippen LogP contribution in [0.3, 0.4) is 0 Å². The fraction of sp³-hybridized carbons (Fsp3) is 0.167. The average molecular weight is 385 g/mol. The maximum atomic E-state index is 12.2. The van der Waals surface area contributed by atoms with Gasteiger partial charge in [0.1, 0.15) is 0 Å². The van der Waals surface area contributed by atoms with E-state index in [1.165, 1.54) is 18.2 Å². The van der Waals surface area contributed by atoms with E-state index in [4.69, 9.17) is 5.73 Å². The third-order valence-electron chi connectivity index (χ3n) is 3.90. The molecule has 10 nitrogen and oxygen atoms in total. The van der Waals surface area contributed by atoms with Crippen molar-refractivity contribution < 1.29 is 19.3 Å². The molecule has 2 rings (SSSR count). The third kappa shape index (κ3) is 5.53. The van der Waals surface area contributed by atoms with Gasteiger partial charge in [-0.15, -0.1) is 0 Å². The lowest BCUT2D eigenvalue weighted by atomic mass is 9.98. The number of carbonyl (C=O) groups is 3. The SMILES string of the molecule is Cc1ccccc1C(CC(=O)NNC(=O)c1cccc([N+](=O)[O-])c1)NC(N)=O. The molecule has 28 heavy (non-hydrogen) atoms. The highest BCUT2D eigenvalue weighted by Crippen LogP contribution is 2.20. The van der Waals surface area contributed by atoms with Crippen LogP contribution < -0.4 is 21.9 Å². The van der Waals surface area contributed by atoms with E-state index < -0.39 is 28.8 Å². The Hall–Kier alpha value is -3.95. The zero-order valence-electron chi connectivity index (χ0n) is 15.0. The molecule has 0 fully saturated rings. The number of carbonyl (C=O) groups excluding carboxylic acids is 3. The first-order chi connectivity index (χ1) is 13.3. The molecule has 0 aliphatic carbocycles. The van der Waals surface area contributed by atoms with Crippen LogP contribution in [0.15, 0.2) is 48.5 Å². The van der Waals surface area contributed by atoms with Gasteiger partial charge in [0.05, 0.1) is 17.4 Å².